The predicted molar refractivity (Wildman–Crippen MR) is 43.6 cm³/mol. The maximum Gasteiger partial charge on any atom is 0.384 e. The highest BCUT2D eigenvalue weighted by molar-refractivity contribution is 7.53. The third kappa shape index (κ3) is 3.56. The molecule has 1 aliphatic carbocycles. The van der Waals surface area contributed by atoms with Gasteiger partial charge < -0.3 is 4.52 Å². The standard InChI is InChI=1S/C6H13N2O2P/c7-11(8,9)10-6-4-2-1-3-5-6/h4H,1-3,5H2,(H4,7,8,9). The smallest absolute Gasteiger partial charge is 0.384 e. The fraction of sp³-hybridized carbons (Fsp3) is 0.667. The zero-order chi connectivity index (χ0) is 8.32. The molecule has 0 bridgehead atoms. The van der Waals surface area contributed by atoms with Crippen molar-refractivity contribution in [1.82, 2.24) is 0 Å². The molecular formula is C6H13N2O2P. The van der Waals surface area contributed by atoms with Crippen molar-refractivity contribution in [1.29, 1.82) is 0 Å². The molecule has 1 aliphatic rings. The fourth-order valence-electron chi connectivity index (χ4n) is 1.07. The van der Waals surface area contributed by atoms with Crippen LogP contribution in [0.15, 0.2) is 11.8 Å². The van der Waals surface area contributed by atoms with Gasteiger partial charge in [-0.15, -0.1) is 0 Å². The lowest BCUT2D eigenvalue weighted by Gasteiger charge is -2.15. The van der Waals surface area contributed by atoms with Crippen LogP contribution in [0.4, 0.5) is 0 Å². The van der Waals surface area contributed by atoms with Gasteiger partial charge in [-0.3, -0.25) is 0 Å². The minimum Gasteiger partial charge on any atom is -0.427 e. The monoisotopic (exact) mass is 176 g/mol. The highest BCUT2D eigenvalue weighted by Gasteiger charge is 2.13. The highest BCUT2D eigenvalue weighted by Crippen LogP contribution is 2.34. The Morgan fingerprint density at radius 2 is 2.18 bits per heavy atom. The molecule has 0 radical (unpaired) electrons. The summed E-state index contributed by atoms with van der Waals surface area (Å²) in [4.78, 5) is 0. The van der Waals surface area contributed by atoms with Gasteiger partial charge in [0.25, 0.3) is 0 Å². The van der Waals surface area contributed by atoms with Crippen molar-refractivity contribution in [2.45, 2.75) is 25.7 Å². The van der Waals surface area contributed by atoms with E-state index < -0.39 is 7.67 Å². The van der Waals surface area contributed by atoms with E-state index in [2.05, 4.69) is 0 Å². The van der Waals surface area contributed by atoms with Crippen LogP contribution in [0.25, 0.3) is 0 Å². The Balaban J connectivity index is 2.48. The van der Waals surface area contributed by atoms with Gasteiger partial charge in [-0.05, 0) is 25.3 Å². The van der Waals surface area contributed by atoms with Crippen molar-refractivity contribution in [3.8, 4) is 0 Å². The van der Waals surface area contributed by atoms with Crippen LogP contribution in [0.2, 0.25) is 0 Å². The van der Waals surface area contributed by atoms with Crippen LogP contribution in [0.5, 0.6) is 0 Å². The van der Waals surface area contributed by atoms with Crippen molar-refractivity contribution in [3.05, 3.63) is 11.8 Å². The maximum atomic E-state index is 10.8. The lowest BCUT2D eigenvalue weighted by atomic mass is 10.1. The van der Waals surface area contributed by atoms with Crippen LogP contribution in [-0.4, -0.2) is 0 Å². The molecule has 4 N–H and O–H groups in total. The topological polar surface area (TPSA) is 78.3 Å². The molecule has 5 heteroatoms. The highest BCUT2D eigenvalue weighted by atomic mass is 31.2. The Bertz CT molecular complexity index is 209. The number of hydrogen-bond acceptors (Lipinski definition) is 2. The van der Waals surface area contributed by atoms with Gasteiger partial charge in [0, 0.05) is 6.42 Å². The second kappa shape index (κ2) is 3.39. The summed E-state index contributed by atoms with van der Waals surface area (Å²) in [5.74, 6) is 0.685. The summed E-state index contributed by atoms with van der Waals surface area (Å²) in [6.07, 6.45) is 5.89. The maximum absolute atomic E-state index is 10.8. The summed E-state index contributed by atoms with van der Waals surface area (Å²) in [5.41, 5.74) is 10.1. The first-order valence-electron chi connectivity index (χ1n) is 3.64. The summed E-state index contributed by atoms with van der Waals surface area (Å²) in [5, 5.41) is 0. The second-order valence-electron chi connectivity index (χ2n) is 2.65. The van der Waals surface area contributed by atoms with E-state index in [4.69, 9.17) is 15.5 Å². The van der Waals surface area contributed by atoms with Crippen molar-refractivity contribution in [2.75, 3.05) is 0 Å². The van der Waals surface area contributed by atoms with E-state index in [0.717, 1.165) is 25.7 Å². The van der Waals surface area contributed by atoms with Crippen LogP contribution in [-0.2, 0) is 9.09 Å². The van der Waals surface area contributed by atoms with Gasteiger partial charge in [-0.2, -0.15) is 0 Å². The quantitative estimate of drug-likeness (QED) is 0.624. The van der Waals surface area contributed by atoms with Crippen LogP contribution in [0.1, 0.15) is 25.7 Å². The van der Waals surface area contributed by atoms with Gasteiger partial charge in [0.2, 0.25) is 0 Å². The summed E-state index contributed by atoms with van der Waals surface area (Å²) < 4.78 is 15.6. The molecule has 0 aromatic carbocycles. The van der Waals surface area contributed by atoms with Gasteiger partial charge >= 0.3 is 7.67 Å². The summed E-state index contributed by atoms with van der Waals surface area (Å²) >= 11 is 0. The van der Waals surface area contributed by atoms with E-state index in [-0.39, 0.29) is 0 Å². The van der Waals surface area contributed by atoms with Gasteiger partial charge in [0.15, 0.2) is 0 Å². The Morgan fingerprint density at radius 3 is 2.64 bits per heavy atom. The average Bonchev–Trinajstić information content (AvgIpc) is 1.85. The first-order valence-corrected chi connectivity index (χ1v) is 5.40. The van der Waals surface area contributed by atoms with E-state index in [9.17, 15) is 4.57 Å². The third-order valence-corrected chi connectivity index (χ3v) is 2.03. The lowest BCUT2D eigenvalue weighted by Crippen LogP contribution is -2.09. The summed E-state index contributed by atoms with van der Waals surface area (Å²) in [7, 11) is -3.30. The molecule has 0 aromatic heterocycles. The Morgan fingerprint density at radius 1 is 1.45 bits per heavy atom. The van der Waals surface area contributed by atoms with Gasteiger partial charge in [0.05, 0.1) is 0 Å². The molecule has 0 unspecified atom stereocenters. The molecule has 0 saturated carbocycles. The molecule has 0 fully saturated rings. The van der Waals surface area contributed by atoms with Gasteiger partial charge in [-0.1, -0.05) is 0 Å². The number of hydrogen-bond donors (Lipinski definition) is 2. The molecule has 0 heterocycles. The molecule has 0 aliphatic heterocycles. The zero-order valence-corrected chi connectivity index (χ0v) is 7.22. The molecule has 0 amide bonds. The molecule has 0 saturated heterocycles. The molecule has 1 rings (SSSR count). The van der Waals surface area contributed by atoms with Crippen molar-refractivity contribution in [3.63, 3.8) is 0 Å². The van der Waals surface area contributed by atoms with Gasteiger partial charge in [0.1, 0.15) is 5.76 Å². The molecule has 11 heavy (non-hydrogen) atoms. The minimum absolute atomic E-state index is 0.685. The van der Waals surface area contributed by atoms with Gasteiger partial charge in [-0.25, -0.2) is 15.6 Å². The summed E-state index contributed by atoms with van der Waals surface area (Å²) in [6.45, 7) is 0. The van der Waals surface area contributed by atoms with E-state index >= 15 is 0 Å². The second-order valence-corrected chi connectivity index (χ2v) is 4.13. The zero-order valence-electron chi connectivity index (χ0n) is 6.32. The number of rotatable bonds is 2. The minimum atomic E-state index is -3.30. The number of nitrogens with two attached hydrogens (primary N) is 2. The van der Waals surface area contributed by atoms with E-state index in [1.807, 2.05) is 6.08 Å². The van der Waals surface area contributed by atoms with Crippen LogP contribution >= 0.6 is 7.67 Å². The molecule has 4 nitrogen and oxygen atoms in total. The van der Waals surface area contributed by atoms with Crippen LogP contribution in [0.3, 0.4) is 0 Å². The van der Waals surface area contributed by atoms with Crippen molar-refractivity contribution in [2.24, 2.45) is 11.0 Å². The van der Waals surface area contributed by atoms with Crippen LogP contribution < -0.4 is 11.0 Å². The fourth-order valence-corrected chi connectivity index (χ4v) is 1.61. The first-order chi connectivity index (χ1) is 5.08. The molecular weight excluding hydrogens is 163 g/mol. The normalized spacial score (nSPS) is 19.3. The third-order valence-electron chi connectivity index (χ3n) is 1.51. The number of allylic oxidation sites excluding steroid dienone is 2. The Hall–Kier alpha value is -0.310. The summed E-state index contributed by atoms with van der Waals surface area (Å²) in [6, 6.07) is 0. The predicted octanol–water partition coefficient (Wildman–Crippen LogP) is 1.49. The van der Waals surface area contributed by atoms with Crippen molar-refractivity contribution >= 4 is 7.67 Å². The van der Waals surface area contributed by atoms with E-state index in [1.165, 1.54) is 0 Å². The molecule has 0 aromatic rings. The molecule has 0 atom stereocenters. The Labute approximate surface area is 66.2 Å². The molecule has 0 spiro atoms. The van der Waals surface area contributed by atoms with E-state index in [0.29, 0.717) is 5.76 Å². The Kier molecular flexibility index (Phi) is 2.71. The first kappa shape index (κ1) is 8.78. The average molecular weight is 176 g/mol. The molecule has 64 valence electrons. The SMILES string of the molecule is NP(N)(=O)OC1=CCCCC1. The largest absolute Gasteiger partial charge is 0.427 e. The van der Waals surface area contributed by atoms with Crippen LogP contribution in [0, 0.1) is 0 Å². The lowest BCUT2D eigenvalue weighted by molar-refractivity contribution is 0.373. The van der Waals surface area contributed by atoms with E-state index in [1.54, 1.807) is 0 Å². The van der Waals surface area contributed by atoms with Crippen molar-refractivity contribution < 1.29 is 9.09 Å².